The van der Waals surface area contributed by atoms with Crippen molar-refractivity contribution in [3.8, 4) is 0 Å². The van der Waals surface area contributed by atoms with Gasteiger partial charge in [-0.1, -0.05) is 18.3 Å². The smallest absolute Gasteiger partial charge is 0.233 e. The molecule has 4 nitrogen and oxygen atoms in total. The van der Waals surface area contributed by atoms with Crippen LogP contribution in [0.2, 0.25) is 0 Å². The lowest BCUT2D eigenvalue weighted by atomic mass is 10.0. The monoisotopic (exact) mass is 299 g/mol. The van der Waals surface area contributed by atoms with Gasteiger partial charge in [-0.05, 0) is 32.6 Å². The van der Waals surface area contributed by atoms with E-state index < -0.39 is 0 Å². The van der Waals surface area contributed by atoms with Gasteiger partial charge in [0.25, 0.3) is 0 Å². The zero-order chi connectivity index (χ0) is 13.8. The average Bonchev–Trinajstić information content (AvgIpc) is 2.74. The molecular formula is C13H21N3OS2. The molecule has 1 amide bonds. The van der Waals surface area contributed by atoms with Gasteiger partial charge in [0.05, 0.1) is 15.7 Å². The van der Waals surface area contributed by atoms with Gasteiger partial charge in [0.2, 0.25) is 5.91 Å². The molecule has 1 aromatic heterocycles. The molecule has 0 spiro atoms. The summed E-state index contributed by atoms with van der Waals surface area (Å²) < 4.78 is 1.07. The van der Waals surface area contributed by atoms with Crippen LogP contribution >= 0.6 is 23.1 Å². The number of piperidine rings is 1. The highest BCUT2D eigenvalue weighted by Gasteiger charge is 2.25. The van der Waals surface area contributed by atoms with E-state index in [2.05, 4.69) is 16.8 Å². The van der Waals surface area contributed by atoms with Crippen LogP contribution in [0, 0.1) is 6.92 Å². The molecule has 1 fully saturated rings. The Bertz CT molecular complexity index is 447. The first kappa shape index (κ1) is 14.7. The standard InChI is InChI=1S/C13H21N3OS2/c1-3-10-6-4-5-7-16(10)11(17)8-18-12-9(2)15-13(14)19-12/h10H,3-8H2,1-2H3,(H2,14,15). The number of rotatable bonds is 4. The van der Waals surface area contributed by atoms with Crippen LogP contribution in [0.4, 0.5) is 5.13 Å². The number of nitrogen functional groups attached to an aromatic ring is 1. The van der Waals surface area contributed by atoms with Crippen LogP contribution in [-0.2, 0) is 4.79 Å². The molecule has 6 heteroatoms. The summed E-state index contributed by atoms with van der Waals surface area (Å²) in [6.45, 7) is 5.02. The van der Waals surface area contributed by atoms with E-state index in [4.69, 9.17) is 5.73 Å². The van der Waals surface area contributed by atoms with E-state index in [1.54, 1.807) is 11.8 Å². The molecule has 106 valence electrons. The van der Waals surface area contributed by atoms with Gasteiger partial charge in [0, 0.05) is 12.6 Å². The van der Waals surface area contributed by atoms with Gasteiger partial charge in [0.1, 0.15) is 0 Å². The molecule has 0 aliphatic carbocycles. The van der Waals surface area contributed by atoms with E-state index in [0.29, 0.717) is 16.9 Å². The molecule has 0 saturated carbocycles. The molecule has 19 heavy (non-hydrogen) atoms. The highest BCUT2D eigenvalue weighted by molar-refractivity contribution is 8.01. The fourth-order valence-electron chi connectivity index (χ4n) is 2.50. The SMILES string of the molecule is CCC1CCCCN1C(=O)CSc1sc(N)nc1C. The van der Waals surface area contributed by atoms with Gasteiger partial charge < -0.3 is 10.6 Å². The zero-order valence-electron chi connectivity index (χ0n) is 11.5. The molecule has 1 aliphatic heterocycles. The highest BCUT2D eigenvalue weighted by atomic mass is 32.2. The van der Waals surface area contributed by atoms with Crippen LogP contribution in [0.25, 0.3) is 0 Å². The second-order valence-corrected chi connectivity index (χ2v) is 7.13. The van der Waals surface area contributed by atoms with Gasteiger partial charge in [0.15, 0.2) is 5.13 Å². The van der Waals surface area contributed by atoms with Crippen molar-refractivity contribution in [2.24, 2.45) is 0 Å². The Hall–Kier alpha value is -0.750. The maximum atomic E-state index is 12.3. The lowest BCUT2D eigenvalue weighted by molar-refractivity contribution is -0.132. The number of likely N-dealkylation sites (tertiary alicyclic amines) is 1. The molecule has 2 rings (SSSR count). The molecule has 0 bridgehead atoms. The minimum Gasteiger partial charge on any atom is -0.375 e. The Morgan fingerprint density at radius 3 is 3.00 bits per heavy atom. The van der Waals surface area contributed by atoms with Crippen LogP contribution in [0.15, 0.2) is 4.21 Å². The van der Waals surface area contributed by atoms with E-state index in [-0.39, 0.29) is 5.91 Å². The summed E-state index contributed by atoms with van der Waals surface area (Å²) in [7, 11) is 0. The van der Waals surface area contributed by atoms with Gasteiger partial charge in [-0.2, -0.15) is 0 Å². The Labute approximate surface area is 122 Å². The molecule has 1 atom stereocenters. The second-order valence-electron chi connectivity index (χ2n) is 4.86. The maximum absolute atomic E-state index is 12.3. The summed E-state index contributed by atoms with van der Waals surface area (Å²) >= 11 is 3.04. The number of thiazole rings is 1. The molecule has 0 radical (unpaired) electrons. The molecular weight excluding hydrogens is 278 g/mol. The molecule has 1 unspecified atom stereocenters. The number of hydrogen-bond acceptors (Lipinski definition) is 5. The first-order valence-electron chi connectivity index (χ1n) is 6.77. The van der Waals surface area contributed by atoms with Crippen LogP contribution < -0.4 is 5.73 Å². The van der Waals surface area contributed by atoms with E-state index >= 15 is 0 Å². The molecule has 2 N–H and O–H groups in total. The third kappa shape index (κ3) is 3.63. The number of amides is 1. The van der Waals surface area contributed by atoms with E-state index in [0.717, 1.165) is 35.7 Å². The quantitative estimate of drug-likeness (QED) is 0.868. The molecule has 1 saturated heterocycles. The number of nitrogens with zero attached hydrogens (tertiary/aromatic N) is 2. The van der Waals surface area contributed by atoms with E-state index in [1.807, 2.05) is 6.92 Å². The number of anilines is 1. The number of aromatic nitrogens is 1. The third-order valence-electron chi connectivity index (χ3n) is 3.52. The number of nitrogens with two attached hydrogens (primary N) is 1. The number of carbonyl (C=O) groups is 1. The largest absolute Gasteiger partial charge is 0.375 e. The van der Waals surface area contributed by atoms with Crippen molar-refractivity contribution in [3.05, 3.63) is 5.69 Å². The second kappa shape index (κ2) is 6.61. The molecule has 1 aromatic rings. The minimum absolute atomic E-state index is 0.253. The first-order chi connectivity index (χ1) is 9.11. The van der Waals surface area contributed by atoms with Crippen molar-refractivity contribution >= 4 is 34.1 Å². The number of aryl methyl sites for hydroxylation is 1. The van der Waals surface area contributed by atoms with Crippen molar-refractivity contribution in [2.45, 2.75) is 49.8 Å². The fraction of sp³-hybridized carbons (Fsp3) is 0.692. The Balaban J connectivity index is 1.91. The summed E-state index contributed by atoms with van der Waals surface area (Å²) in [5.74, 6) is 0.752. The first-order valence-corrected chi connectivity index (χ1v) is 8.57. The zero-order valence-corrected chi connectivity index (χ0v) is 13.1. The lowest BCUT2D eigenvalue weighted by Crippen LogP contribution is -2.44. The Kier molecular flexibility index (Phi) is 5.10. The number of hydrogen-bond donors (Lipinski definition) is 1. The van der Waals surface area contributed by atoms with Gasteiger partial charge in [-0.25, -0.2) is 4.98 Å². The van der Waals surface area contributed by atoms with E-state index in [9.17, 15) is 4.79 Å². The van der Waals surface area contributed by atoms with Gasteiger partial charge in [-0.3, -0.25) is 4.79 Å². The van der Waals surface area contributed by atoms with Gasteiger partial charge >= 0.3 is 0 Å². The topological polar surface area (TPSA) is 59.2 Å². The fourth-order valence-corrected chi connectivity index (χ4v) is 4.41. The van der Waals surface area contributed by atoms with Crippen LogP contribution in [-0.4, -0.2) is 34.1 Å². The minimum atomic E-state index is 0.253. The normalized spacial score (nSPS) is 19.7. The highest BCUT2D eigenvalue weighted by Crippen LogP contribution is 2.31. The Morgan fingerprint density at radius 1 is 1.58 bits per heavy atom. The summed E-state index contributed by atoms with van der Waals surface area (Å²) in [5.41, 5.74) is 6.61. The molecule has 0 aromatic carbocycles. The summed E-state index contributed by atoms with van der Waals surface area (Å²) in [4.78, 5) is 18.6. The van der Waals surface area contributed by atoms with Crippen molar-refractivity contribution < 1.29 is 4.79 Å². The van der Waals surface area contributed by atoms with E-state index in [1.165, 1.54) is 17.8 Å². The average molecular weight is 299 g/mol. The summed E-state index contributed by atoms with van der Waals surface area (Å²) in [6, 6.07) is 0.439. The third-order valence-corrected chi connectivity index (χ3v) is 5.85. The Morgan fingerprint density at radius 2 is 2.37 bits per heavy atom. The number of thioether (sulfide) groups is 1. The van der Waals surface area contributed by atoms with Crippen molar-refractivity contribution in [1.82, 2.24) is 9.88 Å². The van der Waals surface area contributed by atoms with Crippen molar-refractivity contribution in [1.29, 1.82) is 0 Å². The van der Waals surface area contributed by atoms with Crippen molar-refractivity contribution in [3.63, 3.8) is 0 Å². The molecule has 2 heterocycles. The lowest BCUT2D eigenvalue weighted by Gasteiger charge is -2.35. The number of carbonyl (C=O) groups excluding carboxylic acids is 1. The summed E-state index contributed by atoms with van der Waals surface area (Å²) in [5, 5.41) is 0.580. The van der Waals surface area contributed by atoms with Crippen LogP contribution in [0.5, 0.6) is 0 Å². The molecule has 1 aliphatic rings. The van der Waals surface area contributed by atoms with Crippen molar-refractivity contribution in [2.75, 3.05) is 18.0 Å². The van der Waals surface area contributed by atoms with Crippen LogP contribution in [0.3, 0.4) is 0 Å². The van der Waals surface area contributed by atoms with Crippen LogP contribution in [0.1, 0.15) is 38.3 Å². The summed E-state index contributed by atoms with van der Waals surface area (Å²) in [6.07, 6.45) is 4.60. The maximum Gasteiger partial charge on any atom is 0.233 e. The van der Waals surface area contributed by atoms with Gasteiger partial charge in [-0.15, -0.1) is 11.8 Å². The predicted octanol–water partition coefficient (Wildman–Crippen LogP) is 2.92. The predicted molar refractivity (Wildman–Crippen MR) is 81.6 cm³/mol.